The second kappa shape index (κ2) is 7.93. The van der Waals surface area contributed by atoms with E-state index in [0.29, 0.717) is 24.6 Å². The van der Waals surface area contributed by atoms with Gasteiger partial charge in [0.25, 0.3) is 5.91 Å². The van der Waals surface area contributed by atoms with Crippen LogP contribution in [0.3, 0.4) is 0 Å². The second-order valence-electron chi connectivity index (χ2n) is 6.09. The third-order valence-electron chi connectivity index (χ3n) is 4.05. The molecule has 4 nitrogen and oxygen atoms in total. The molecule has 26 heavy (non-hydrogen) atoms. The minimum atomic E-state index is -0.449. The van der Waals surface area contributed by atoms with Crippen molar-refractivity contribution in [3.63, 3.8) is 0 Å². The van der Waals surface area contributed by atoms with E-state index in [1.165, 1.54) is 29.5 Å². The number of aromatic nitrogens is 1. The van der Waals surface area contributed by atoms with Crippen molar-refractivity contribution < 1.29 is 13.9 Å². The van der Waals surface area contributed by atoms with E-state index in [2.05, 4.69) is 24.0 Å². The highest BCUT2D eigenvalue weighted by Crippen LogP contribution is 2.23. The summed E-state index contributed by atoms with van der Waals surface area (Å²) < 4.78 is 22.0. The molecule has 0 aliphatic heterocycles. The molecule has 6 heteroatoms. The zero-order chi connectivity index (χ0) is 18.7. The first-order valence-electron chi connectivity index (χ1n) is 8.52. The van der Waals surface area contributed by atoms with Crippen LogP contribution in [0.1, 0.15) is 28.4 Å². The van der Waals surface area contributed by atoms with Gasteiger partial charge < -0.3 is 9.30 Å². The number of hydrogen-bond donors (Lipinski definition) is 0. The number of rotatable bonds is 5. The Morgan fingerprint density at radius 3 is 2.81 bits per heavy atom. The van der Waals surface area contributed by atoms with Crippen LogP contribution in [0.15, 0.2) is 41.4 Å². The molecule has 1 aromatic heterocycles. The number of benzene rings is 2. The summed E-state index contributed by atoms with van der Waals surface area (Å²) in [6.45, 7) is 7.82. The van der Waals surface area contributed by atoms with E-state index >= 15 is 0 Å². The number of hydrogen-bond acceptors (Lipinski definition) is 3. The van der Waals surface area contributed by atoms with Crippen LogP contribution in [0, 0.1) is 19.7 Å². The summed E-state index contributed by atoms with van der Waals surface area (Å²) in [7, 11) is 0. The number of ether oxygens (including phenoxy) is 1. The second-order valence-corrected chi connectivity index (χ2v) is 7.07. The number of carbonyl (C=O) groups is 1. The minimum absolute atomic E-state index is 0.242. The van der Waals surface area contributed by atoms with Crippen molar-refractivity contribution in [1.29, 1.82) is 0 Å². The molecule has 0 spiro atoms. The molecule has 0 fully saturated rings. The number of aryl methyl sites for hydroxylation is 2. The average molecular weight is 372 g/mol. The summed E-state index contributed by atoms with van der Waals surface area (Å²) in [5.74, 6) is -0.895. The fourth-order valence-corrected chi connectivity index (χ4v) is 3.99. The van der Waals surface area contributed by atoms with Crippen molar-refractivity contribution in [3.05, 3.63) is 63.7 Å². The Kier molecular flexibility index (Phi) is 5.64. The van der Waals surface area contributed by atoms with Crippen molar-refractivity contribution >= 4 is 27.5 Å². The molecule has 1 heterocycles. The van der Waals surface area contributed by atoms with Crippen LogP contribution < -0.4 is 4.80 Å². The summed E-state index contributed by atoms with van der Waals surface area (Å²) >= 11 is 1.47. The number of thiazole rings is 1. The van der Waals surface area contributed by atoms with Crippen LogP contribution in [-0.2, 0) is 11.3 Å². The first-order chi connectivity index (χ1) is 12.5. The van der Waals surface area contributed by atoms with E-state index in [1.54, 1.807) is 6.07 Å². The largest absolute Gasteiger partial charge is 0.380 e. The number of halogens is 1. The first kappa shape index (κ1) is 18.5. The Morgan fingerprint density at radius 2 is 2.08 bits per heavy atom. The highest BCUT2D eigenvalue weighted by atomic mass is 32.1. The lowest BCUT2D eigenvalue weighted by Crippen LogP contribution is -2.19. The molecule has 2 aromatic carbocycles. The molecule has 0 aliphatic rings. The maximum Gasteiger partial charge on any atom is 0.279 e. The zero-order valence-corrected chi connectivity index (χ0v) is 15.9. The highest BCUT2D eigenvalue weighted by molar-refractivity contribution is 7.16. The van der Waals surface area contributed by atoms with Gasteiger partial charge in [-0.25, -0.2) is 4.39 Å². The molecule has 0 saturated carbocycles. The third-order valence-corrected chi connectivity index (χ3v) is 5.28. The Balaban J connectivity index is 2.12. The van der Waals surface area contributed by atoms with E-state index in [9.17, 15) is 9.18 Å². The molecule has 1 amide bonds. The Bertz CT molecular complexity index is 1020. The van der Waals surface area contributed by atoms with Gasteiger partial charge in [0, 0.05) is 18.7 Å². The van der Waals surface area contributed by atoms with E-state index < -0.39 is 11.7 Å². The monoisotopic (exact) mass is 372 g/mol. The predicted molar refractivity (Wildman–Crippen MR) is 102 cm³/mol. The topological polar surface area (TPSA) is 43.6 Å². The fourth-order valence-electron chi connectivity index (χ4n) is 2.89. The molecule has 0 bridgehead atoms. The average Bonchev–Trinajstić information content (AvgIpc) is 2.93. The van der Waals surface area contributed by atoms with E-state index in [1.807, 2.05) is 18.4 Å². The van der Waals surface area contributed by atoms with Gasteiger partial charge in [0.15, 0.2) is 4.80 Å². The van der Waals surface area contributed by atoms with Gasteiger partial charge in [0.05, 0.1) is 16.8 Å². The summed E-state index contributed by atoms with van der Waals surface area (Å²) in [5, 5.41) is 0. The van der Waals surface area contributed by atoms with E-state index in [0.717, 1.165) is 21.3 Å². The standard InChI is InChI=1S/C20H21FN2O2S/c1-4-25-9-8-23-17-11-13(2)10-14(3)18(17)26-20(23)22-19(24)15-6-5-7-16(21)12-15/h5-7,10-12H,4,8-9H2,1-3H3. The van der Waals surface area contributed by atoms with Crippen LogP contribution in [-0.4, -0.2) is 23.7 Å². The molecular weight excluding hydrogens is 351 g/mol. The number of fused-ring (bicyclic) bond motifs is 1. The van der Waals surface area contributed by atoms with E-state index in [4.69, 9.17) is 4.74 Å². The molecule has 3 aromatic rings. The molecule has 0 radical (unpaired) electrons. The lowest BCUT2D eigenvalue weighted by Gasteiger charge is -2.07. The smallest absolute Gasteiger partial charge is 0.279 e. The Labute approximate surface area is 155 Å². The number of nitrogens with zero attached hydrogens (tertiary/aromatic N) is 2. The maximum atomic E-state index is 13.4. The van der Waals surface area contributed by atoms with Crippen LogP contribution >= 0.6 is 11.3 Å². The minimum Gasteiger partial charge on any atom is -0.380 e. The zero-order valence-electron chi connectivity index (χ0n) is 15.1. The van der Waals surface area contributed by atoms with Crippen molar-refractivity contribution in [2.24, 2.45) is 4.99 Å². The Morgan fingerprint density at radius 1 is 1.27 bits per heavy atom. The van der Waals surface area contributed by atoms with Crippen LogP contribution in [0.2, 0.25) is 0 Å². The van der Waals surface area contributed by atoms with Gasteiger partial charge >= 0.3 is 0 Å². The van der Waals surface area contributed by atoms with Gasteiger partial charge in [-0.1, -0.05) is 23.5 Å². The normalized spacial score (nSPS) is 12.1. The van der Waals surface area contributed by atoms with Crippen LogP contribution in [0.25, 0.3) is 10.2 Å². The molecule has 0 atom stereocenters. The van der Waals surface area contributed by atoms with Crippen LogP contribution in [0.5, 0.6) is 0 Å². The fraction of sp³-hybridized carbons (Fsp3) is 0.300. The highest BCUT2D eigenvalue weighted by Gasteiger charge is 2.12. The summed E-state index contributed by atoms with van der Waals surface area (Å²) in [6, 6.07) is 9.81. The van der Waals surface area contributed by atoms with Gasteiger partial charge in [-0.15, -0.1) is 0 Å². The van der Waals surface area contributed by atoms with Gasteiger partial charge in [-0.2, -0.15) is 4.99 Å². The summed E-state index contributed by atoms with van der Waals surface area (Å²) in [5.41, 5.74) is 3.58. The first-order valence-corrected chi connectivity index (χ1v) is 9.34. The lowest BCUT2D eigenvalue weighted by atomic mass is 10.1. The summed E-state index contributed by atoms with van der Waals surface area (Å²) in [4.78, 5) is 17.4. The Hall–Kier alpha value is -2.31. The van der Waals surface area contributed by atoms with Crippen molar-refractivity contribution in [2.75, 3.05) is 13.2 Å². The van der Waals surface area contributed by atoms with Crippen molar-refractivity contribution in [3.8, 4) is 0 Å². The maximum absolute atomic E-state index is 13.4. The molecule has 0 saturated heterocycles. The molecule has 3 rings (SSSR count). The number of carbonyl (C=O) groups excluding carboxylic acids is 1. The molecule has 0 aliphatic carbocycles. The van der Waals surface area contributed by atoms with Crippen LogP contribution in [0.4, 0.5) is 4.39 Å². The van der Waals surface area contributed by atoms with Gasteiger partial charge in [-0.05, 0) is 56.2 Å². The van der Waals surface area contributed by atoms with Gasteiger partial charge in [0.2, 0.25) is 0 Å². The molecular formula is C20H21FN2O2S. The van der Waals surface area contributed by atoms with Crippen molar-refractivity contribution in [1.82, 2.24) is 4.57 Å². The SMILES string of the molecule is CCOCCn1c(=NC(=O)c2cccc(F)c2)sc2c(C)cc(C)cc21. The summed E-state index contributed by atoms with van der Waals surface area (Å²) in [6.07, 6.45) is 0. The van der Waals surface area contributed by atoms with Gasteiger partial charge in [0.1, 0.15) is 5.82 Å². The lowest BCUT2D eigenvalue weighted by molar-refractivity contribution is 0.0996. The quantitative estimate of drug-likeness (QED) is 0.629. The third kappa shape index (κ3) is 3.92. The predicted octanol–water partition coefficient (Wildman–Crippen LogP) is 4.24. The van der Waals surface area contributed by atoms with Gasteiger partial charge in [-0.3, -0.25) is 4.79 Å². The molecule has 0 unspecified atom stereocenters. The molecule has 0 N–H and O–H groups in total. The molecule has 136 valence electrons. The number of amides is 1. The van der Waals surface area contributed by atoms with E-state index in [-0.39, 0.29) is 5.56 Å². The van der Waals surface area contributed by atoms with Crippen molar-refractivity contribution in [2.45, 2.75) is 27.3 Å².